The number of carboxylic acid groups (broad SMARTS) is 1. The molecule has 4 aromatic rings. The van der Waals surface area contributed by atoms with Crippen molar-refractivity contribution >= 4 is 12.1 Å². The molecule has 6 heteroatoms. The predicted molar refractivity (Wildman–Crippen MR) is 159 cm³/mol. The van der Waals surface area contributed by atoms with Crippen LogP contribution in [0.5, 0.6) is 5.75 Å². The Bertz CT molecular complexity index is 1460. The summed E-state index contributed by atoms with van der Waals surface area (Å²) in [5, 5.41) is 10.3. The average molecular weight is 550 g/mol. The zero-order chi connectivity index (χ0) is 29.0. The standard InChI is InChI=1S/C35H35NO5/c1-35(2,3)41-26-19-17-24(18-20-26)21-32(33(37)38)36(22-25-11-5-4-6-12-25)34(39)40-23-31-29-15-9-7-13-27(29)28-14-8-10-16-30(28)31/h4-20,31-32H,21-23H2,1-3H3,(H,37,38)/t32-/m0/s1. The van der Waals surface area contributed by atoms with Gasteiger partial charge in [0.05, 0.1) is 0 Å². The Morgan fingerprint density at radius 3 is 1.90 bits per heavy atom. The molecule has 5 rings (SSSR count). The molecule has 0 heterocycles. The first kappa shape index (κ1) is 28.0. The minimum absolute atomic E-state index is 0.111. The van der Waals surface area contributed by atoms with Crippen molar-refractivity contribution in [2.24, 2.45) is 0 Å². The van der Waals surface area contributed by atoms with E-state index in [1.165, 1.54) is 4.90 Å². The van der Waals surface area contributed by atoms with E-state index in [1.54, 1.807) is 0 Å². The fraction of sp³-hybridized carbons (Fsp3) is 0.257. The van der Waals surface area contributed by atoms with E-state index in [-0.39, 0.29) is 31.1 Å². The van der Waals surface area contributed by atoms with Crippen LogP contribution in [0.1, 0.15) is 48.9 Å². The van der Waals surface area contributed by atoms with E-state index >= 15 is 0 Å². The van der Waals surface area contributed by atoms with Crippen molar-refractivity contribution in [3.05, 3.63) is 125 Å². The quantitative estimate of drug-likeness (QED) is 0.237. The molecule has 41 heavy (non-hydrogen) atoms. The average Bonchev–Trinajstić information content (AvgIpc) is 3.27. The van der Waals surface area contributed by atoms with Crippen LogP contribution < -0.4 is 4.74 Å². The van der Waals surface area contributed by atoms with Crippen LogP contribution in [0.25, 0.3) is 11.1 Å². The second-order valence-corrected chi connectivity index (χ2v) is 11.3. The van der Waals surface area contributed by atoms with E-state index in [4.69, 9.17) is 9.47 Å². The molecule has 210 valence electrons. The molecule has 0 saturated carbocycles. The molecule has 0 unspecified atom stereocenters. The number of carbonyl (C=O) groups is 2. The van der Waals surface area contributed by atoms with E-state index in [0.29, 0.717) is 5.75 Å². The van der Waals surface area contributed by atoms with Crippen LogP contribution in [0, 0.1) is 0 Å². The summed E-state index contributed by atoms with van der Waals surface area (Å²) in [4.78, 5) is 27.6. The lowest BCUT2D eigenvalue weighted by atomic mass is 9.98. The van der Waals surface area contributed by atoms with Crippen LogP contribution in [0.4, 0.5) is 4.79 Å². The summed E-state index contributed by atoms with van der Waals surface area (Å²) in [6, 6.07) is 31.9. The highest BCUT2D eigenvalue weighted by molar-refractivity contribution is 5.81. The maximum Gasteiger partial charge on any atom is 0.410 e. The SMILES string of the molecule is CC(C)(C)Oc1ccc(C[C@@H](C(=O)O)N(Cc2ccccc2)C(=O)OCC2c3ccccc3-c3ccccc32)cc1. The first-order chi connectivity index (χ1) is 19.7. The van der Waals surface area contributed by atoms with Gasteiger partial charge in [0.1, 0.15) is 24.0 Å². The molecule has 0 aliphatic heterocycles. The Kier molecular flexibility index (Phi) is 8.11. The molecule has 1 aliphatic rings. The minimum Gasteiger partial charge on any atom is -0.488 e. The lowest BCUT2D eigenvalue weighted by Gasteiger charge is -2.29. The smallest absolute Gasteiger partial charge is 0.410 e. The Labute approximate surface area is 241 Å². The van der Waals surface area contributed by atoms with Gasteiger partial charge in [0, 0.05) is 18.9 Å². The van der Waals surface area contributed by atoms with Crippen molar-refractivity contribution in [3.63, 3.8) is 0 Å². The fourth-order valence-corrected chi connectivity index (χ4v) is 5.36. The number of aliphatic carboxylic acids is 1. The second-order valence-electron chi connectivity index (χ2n) is 11.3. The number of ether oxygens (including phenoxy) is 2. The Morgan fingerprint density at radius 1 is 0.780 bits per heavy atom. The highest BCUT2D eigenvalue weighted by Gasteiger charge is 2.34. The molecule has 0 spiro atoms. The van der Waals surface area contributed by atoms with Crippen LogP contribution in [0.2, 0.25) is 0 Å². The molecule has 0 bridgehead atoms. The van der Waals surface area contributed by atoms with Gasteiger partial charge in [-0.3, -0.25) is 4.90 Å². The zero-order valence-corrected chi connectivity index (χ0v) is 23.6. The molecule has 0 fully saturated rings. The van der Waals surface area contributed by atoms with Crippen molar-refractivity contribution < 1.29 is 24.2 Å². The van der Waals surface area contributed by atoms with Crippen molar-refractivity contribution in [1.29, 1.82) is 0 Å². The summed E-state index contributed by atoms with van der Waals surface area (Å²) < 4.78 is 11.8. The third kappa shape index (κ3) is 6.60. The van der Waals surface area contributed by atoms with Crippen LogP contribution >= 0.6 is 0 Å². The maximum atomic E-state index is 13.7. The Morgan fingerprint density at radius 2 is 1.34 bits per heavy atom. The van der Waals surface area contributed by atoms with Crippen LogP contribution in [-0.2, 0) is 22.5 Å². The molecule has 0 aromatic heterocycles. The van der Waals surface area contributed by atoms with Crippen molar-refractivity contribution in [2.45, 2.75) is 51.3 Å². The highest BCUT2D eigenvalue weighted by Crippen LogP contribution is 2.44. The molecular weight excluding hydrogens is 514 g/mol. The number of carboxylic acids is 1. The minimum atomic E-state index is -1.12. The lowest BCUT2D eigenvalue weighted by molar-refractivity contribution is -0.143. The molecule has 4 aromatic carbocycles. The maximum absolute atomic E-state index is 13.7. The monoisotopic (exact) mass is 549 g/mol. The van der Waals surface area contributed by atoms with Crippen molar-refractivity contribution in [1.82, 2.24) is 4.90 Å². The summed E-state index contributed by atoms with van der Waals surface area (Å²) in [5.41, 5.74) is 5.72. The summed E-state index contributed by atoms with van der Waals surface area (Å²) >= 11 is 0. The van der Waals surface area contributed by atoms with Gasteiger partial charge in [0.15, 0.2) is 0 Å². The molecule has 6 nitrogen and oxygen atoms in total. The fourth-order valence-electron chi connectivity index (χ4n) is 5.36. The van der Waals surface area contributed by atoms with Gasteiger partial charge in [0.25, 0.3) is 0 Å². The first-order valence-corrected chi connectivity index (χ1v) is 13.9. The van der Waals surface area contributed by atoms with Gasteiger partial charge in [-0.1, -0.05) is 91.0 Å². The van der Waals surface area contributed by atoms with Gasteiger partial charge in [0.2, 0.25) is 0 Å². The Hall–Kier alpha value is -4.58. The summed E-state index contributed by atoms with van der Waals surface area (Å²) in [6.45, 7) is 6.13. The van der Waals surface area contributed by atoms with E-state index in [9.17, 15) is 14.7 Å². The number of amides is 1. The number of nitrogens with zero attached hydrogens (tertiary/aromatic N) is 1. The van der Waals surface area contributed by atoms with Gasteiger partial charge in [-0.15, -0.1) is 0 Å². The molecular formula is C35H35NO5. The second kappa shape index (κ2) is 11.9. The van der Waals surface area contributed by atoms with Gasteiger partial charge < -0.3 is 14.6 Å². The summed E-state index contributed by atoms with van der Waals surface area (Å²) in [6.07, 6.45) is -0.530. The molecule has 0 saturated heterocycles. The summed E-state index contributed by atoms with van der Waals surface area (Å²) in [7, 11) is 0. The normalized spacial score (nSPS) is 13.1. The first-order valence-electron chi connectivity index (χ1n) is 13.9. The molecule has 1 atom stereocenters. The van der Waals surface area contributed by atoms with E-state index < -0.39 is 18.1 Å². The molecule has 0 radical (unpaired) electrons. The summed E-state index contributed by atoms with van der Waals surface area (Å²) in [5.74, 6) is -0.515. The van der Waals surface area contributed by atoms with E-state index in [0.717, 1.165) is 33.4 Å². The number of hydrogen-bond acceptors (Lipinski definition) is 4. The molecule has 1 amide bonds. The number of benzene rings is 4. The van der Waals surface area contributed by atoms with Crippen LogP contribution in [-0.4, -0.2) is 40.3 Å². The predicted octanol–water partition coefficient (Wildman–Crippen LogP) is 7.31. The van der Waals surface area contributed by atoms with E-state index in [1.807, 2.05) is 99.6 Å². The zero-order valence-electron chi connectivity index (χ0n) is 23.6. The van der Waals surface area contributed by atoms with Gasteiger partial charge in [-0.2, -0.15) is 0 Å². The number of rotatable bonds is 9. The van der Waals surface area contributed by atoms with Gasteiger partial charge in [-0.25, -0.2) is 9.59 Å². The molecule has 1 aliphatic carbocycles. The highest BCUT2D eigenvalue weighted by atomic mass is 16.6. The molecule has 1 N–H and O–H groups in total. The number of carbonyl (C=O) groups excluding carboxylic acids is 1. The number of fused-ring (bicyclic) bond motifs is 3. The number of hydrogen-bond donors (Lipinski definition) is 1. The Balaban J connectivity index is 1.38. The van der Waals surface area contributed by atoms with Crippen molar-refractivity contribution in [3.8, 4) is 16.9 Å². The van der Waals surface area contributed by atoms with Crippen LogP contribution in [0.3, 0.4) is 0 Å². The van der Waals surface area contributed by atoms with E-state index in [2.05, 4.69) is 24.3 Å². The lowest BCUT2D eigenvalue weighted by Crippen LogP contribution is -2.46. The van der Waals surface area contributed by atoms with Gasteiger partial charge in [-0.05, 0) is 66.3 Å². The van der Waals surface area contributed by atoms with Crippen LogP contribution in [0.15, 0.2) is 103 Å². The topological polar surface area (TPSA) is 76.1 Å². The third-order valence-corrected chi connectivity index (χ3v) is 7.20. The third-order valence-electron chi connectivity index (χ3n) is 7.20. The van der Waals surface area contributed by atoms with Crippen molar-refractivity contribution in [2.75, 3.05) is 6.61 Å². The van der Waals surface area contributed by atoms with Gasteiger partial charge >= 0.3 is 12.1 Å². The largest absolute Gasteiger partial charge is 0.488 e.